The van der Waals surface area contributed by atoms with Crippen LogP contribution in [0.4, 0.5) is 4.79 Å². The number of thiazole rings is 1. The molecule has 60 heavy (non-hydrogen) atoms. The third-order valence-electron chi connectivity index (χ3n) is 12.1. The molecule has 0 aliphatic carbocycles. The van der Waals surface area contributed by atoms with Crippen LogP contribution in [0.1, 0.15) is 80.6 Å². The van der Waals surface area contributed by atoms with E-state index >= 15 is 0 Å². The summed E-state index contributed by atoms with van der Waals surface area (Å²) in [6.45, 7) is 7.03. The van der Waals surface area contributed by atoms with Crippen molar-refractivity contribution in [2.24, 2.45) is 0 Å². The Morgan fingerprint density at radius 3 is 1.75 bits per heavy atom. The first-order valence-electron chi connectivity index (χ1n) is 20.8. The zero-order chi connectivity index (χ0) is 41.8. The van der Waals surface area contributed by atoms with E-state index in [4.69, 9.17) is 9.97 Å². The van der Waals surface area contributed by atoms with Gasteiger partial charge in [0.25, 0.3) is 0 Å². The lowest BCUT2D eigenvalue weighted by atomic mass is 10.0. The van der Waals surface area contributed by atoms with Crippen LogP contribution in [0.25, 0.3) is 33.6 Å². The summed E-state index contributed by atoms with van der Waals surface area (Å²) in [5, 5.41) is 11.6. The minimum atomic E-state index is -1.16. The number of amides is 3. The van der Waals surface area contributed by atoms with Crippen molar-refractivity contribution >= 4 is 29.2 Å². The van der Waals surface area contributed by atoms with Crippen molar-refractivity contribution in [3.05, 3.63) is 125 Å². The van der Waals surface area contributed by atoms with Crippen LogP contribution in [0.3, 0.4) is 0 Å². The number of aromatic amines is 2. The number of rotatable bonds is 14. The standard InChI is InChI=1S/C46H51N9O4S/c1-4-53(5-2)41(34-11-7-6-8-12-34)45(57)55-24-10-14-39(55)43-48-27-37(51-43)33-21-17-31(18-22-33)30-15-19-32(20-16-30)36-26-47-42(50-36)38-13-9-23-54(38)44(56)40(52(3)46(58)59)25-35-28-60-29-49-35/h6-8,11-12,15-22,26-29,38-41H,4-5,9-10,13-14,23-25H2,1-3H3,(H,47,50)(H,48,51)(H,58,59)/t38-,39-,40-,41+/m0/s1. The second-order valence-corrected chi connectivity index (χ2v) is 16.2. The van der Waals surface area contributed by atoms with Crippen LogP contribution in [-0.2, 0) is 16.0 Å². The molecule has 3 amide bonds. The van der Waals surface area contributed by atoms with Crippen molar-refractivity contribution in [1.29, 1.82) is 0 Å². The average Bonchev–Trinajstić information content (AvgIpc) is 4.14. The number of nitrogens with zero attached hydrogens (tertiary/aromatic N) is 7. The molecule has 2 aliphatic heterocycles. The molecule has 0 radical (unpaired) electrons. The summed E-state index contributed by atoms with van der Waals surface area (Å²) in [4.78, 5) is 67.9. The first kappa shape index (κ1) is 40.7. The molecule has 14 heteroatoms. The number of imidazole rings is 2. The largest absolute Gasteiger partial charge is 0.465 e. The molecule has 5 heterocycles. The van der Waals surface area contributed by atoms with Gasteiger partial charge in [-0.25, -0.2) is 19.7 Å². The molecular weight excluding hydrogens is 775 g/mol. The van der Waals surface area contributed by atoms with Crippen LogP contribution in [-0.4, -0.2) is 107 Å². The molecule has 0 unspecified atom stereocenters. The summed E-state index contributed by atoms with van der Waals surface area (Å²) >= 11 is 1.42. The third-order valence-corrected chi connectivity index (χ3v) is 12.7. The SMILES string of the molecule is CCN(CC)[C@@H](C(=O)N1CCC[C@H]1c1ncc(-c2ccc(-c3ccc(-c4cnc([C@@H]5CCCN5C(=O)[C@H](Cc5cscn5)N(C)C(=O)O)[nH]4)cc3)cc2)[nH]1)c1ccccc1. The molecule has 2 aliphatic rings. The fourth-order valence-electron chi connectivity index (χ4n) is 8.76. The third kappa shape index (κ3) is 8.34. The Bertz CT molecular complexity index is 2380. The molecule has 3 N–H and O–H groups in total. The maximum atomic E-state index is 14.2. The van der Waals surface area contributed by atoms with Crippen LogP contribution in [0.2, 0.25) is 0 Å². The number of likely N-dealkylation sites (tertiary alicyclic amines) is 2. The molecule has 0 saturated carbocycles. The predicted molar refractivity (Wildman–Crippen MR) is 232 cm³/mol. The van der Waals surface area contributed by atoms with Crippen molar-refractivity contribution in [2.75, 3.05) is 33.2 Å². The number of carbonyl (C=O) groups excluding carboxylic acids is 2. The fourth-order valence-corrected chi connectivity index (χ4v) is 9.33. The van der Waals surface area contributed by atoms with Crippen LogP contribution < -0.4 is 0 Å². The van der Waals surface area contributed by atoms with Crippen molar-refractivity contribution in [3.63, 3.8) is 0 Å². The van der Waals surface area contributed by atoms with E-state index in [1.54, 1.807) is 16.6 Å². The minimum absolute atomic E-state index is 0.103. The van der Waals surface area contributed by atoms with Crippen molar-refractivity contribution in [3.8, 4) is 33.6 Å². The second kappa shape index (κ2) is 18.0. The Morgan fingerprint density at radius 1 is 0.750 bits per heavy atom. The van der Waals surface area contributed by atoms with Gasteiger partial charge in [-0.1, -0.05) is 92.7 Å². The van der Waals surface area contributed by atoms with Crippen molar-refractivity contribution < 1.29 is 19.5 Å². The predicted octanol–water partition coefficient (Wildman–Crippen LogP) is 8.22. The highest BCUT2D eigenvalue weighted by Crippen LogP contribution is 2.37. The normalized spacial score (nSPS) is 17.6. The lowest BCUT2D eigenvalue weighted by molar-refractivity contribution is -0.138. The van der Waals surface area contributed by atoms with E-state index in [1.807, 2.05) is 34.7 Å². The molecule has 13 nitrogen and oxygen atoms in total. The molecule has 4 atom stereocenters. The molecule has 2 saturated heterocycles. The van der Waals surface area contributed by atoms with Gasteiger partial charge in [0.2, 0.25) is 11.8 Å². The van der Waals surface area contributed by atoms with E-state index in [0.717, 1.165) is 88.7 Å². The number of hydrogen-bond acceptors (Lipinski definition) is 8. The van der Waals surface area contributed by atoms with Gasteiger partial charge in [0.15, 0.2) is 0 Å². The van der Waals surface area contributed by atoms with Crippen LogP contribution >= 0.6 is 11.3 Å². The molecular formula is C46H51N9O4S. The minimum Gasteiger partial charge on any atom is -0.465 e. The first-order chi connectivity index (χ1) is 29.2. The van der Waals surface area contributed by atoms with E-state index in [-0.39, 0.29) is 36.4 Å². The van der Waals surface area contributed by atoms with E-state index in [2.05, 4.69) is 94.4 Å². The number of H-pyrrole nitrogens is 2. The Balaban J connectivity index is 0.929. The average molecular weight is 826 g/mol. The molecule has 3 aromatic heterocycles. The molecule has 0 bridgehead atoms. The smallest absolute Gasteiger partial charge is 0.407 e. The number of nitrogens with one attached hydrogen (secondary N) is 2. The van der Waals surface area contributed by atoms with Gasteiger partial charge in [0.05, 0.1) is 47.1 Å². The zero-order valence-electron chi connectivity index (χ0n) is 34.2. The van der Waals surface area contributed by atoms with Gasteiger partial charge in [-0.15, -0.1) is 11.3 Å². The van der Waals surface area contributed by atoms with Gasteiger partial charge in [0, 0.05) is 31.9 Å². The summed E-state index contributed by atoms with van der Waals surface area (Å²) < 4.78 is 0. The van der Waals surface area contributed by atoms with Crippen LogP contribution in [0, 0.1) is 0 Å². The van der Waals surface area contributed by atoms with Crippen molar-refractivity contribution in [1.82, 2.24) is 44.5 Å². The van der Waals surface area contributed by atoms with E-state index < -0.39 is 12.1 Å². The highest BCUT2D eigenvalue weighted by atomic mass is 32.1. The topological polar surface area (TPSA) is 155 Å². The van der Waals surface area contributed by atoms with Crippen LogP contribution in [0.5, 0.6) is 0 Å². The van der Waals surface area contributed by atoms with E-state index in [0.29, 0.717) is 24.6 Å². The molecule has 3 aromatic carbocycles. The fraction of sp³-hybridized carbons (Fsp3) is 0.348. The van der Waals surface area contributed by atoms with Crippen molar-refractivity contribution in [2.45, 2.75) is 70.1 Å². The van der Waals surface area contributed by atoms with Gasteiger partial charge in [-0.2, -0.15) is 0 Å². The van der Waals surface area contributed by atoms with Gasteiger partial charge >= 0.3 is 6.09 Å². The van der Waals surface area contributed by atoms with Gasteiger partial charge < -0.3 is 24.9 Å². The summed E-state index contributed by atoms with van der Waals surface area (Å²) in [7, 11) is 1.44. The van der Waals surface area contributed by atoms with Crippen LogP contribution in [0.15, 0.2) is 102 Å². The zero-order valence-corrected chi connectivity index (χ0v) is 35.0. The van der Waals surface area contributed by atoms with Gasteiger partial charge in [-0.3, -0.25) is 19.4 Å². The lowest BCUT2D eigenvalue weighted by Crippen LogP contribution is -2.50. The quantitative estimate of drug-likeness (QED) is 0.0993. The molecule has 2 fully saturated rings. The highest BCUT2D eigenvalue weighted by Gasteiger charge is 2.40. The lowest BCUT2D eigenvalue weighted by Gasteiger charge is -2.34. The van der Waals surface area contributed by atoms with E-state index in [1.165, 1.54) is 18.4 Å². The number of benzene rings is 3. The Morgan fingerprint density at radius 2 is 1.27 bits per heavy atom. The molecule has 6 aromatic rings. The number of aromatic nitrogens is 5. The van der Waals surface area contributed by atoms with E-state index in [9.17, 15) is 19.5 Å². The molecule has 0 spiro atoms. The highest BCUT2D eigenvalue weighted by molar-refractivity contribution is 7.07. The molecule has 8 rings (SSSR count). The molecule has 310 valence electrons. The maximum Gasteiger partial charge on any atom is 0.407 e. The monoisotopic (exact) mass is 825 g/mol. The van der Waals surface area contributed by atoms with Gasteiger partial charge in [-0.05, 0) is 66.6 Å². The second-order valence-electron chi connectivity index (χ2n) is 15.5. The number of carbonyl (C=O) groups is 3. The summed E-state index contributed by atoms with van der Waals surface area (Å²) in [5.74, 6) is 1.39. The first-order valence-corrected chi connectivity index (χ1v) is 21.7. The Labute approximate surface area is 354 Å². The number of likely N-dealkylation sites (N-methyl/N-ethyl adjacent to an activating group) is 2. The summed E-state index contributed by atoms with van der Waals surface area (Å²) in [6, 6.07) is 25.2. The Hall–Kier alpha value is -6.12. The Kier molecular flexibility index (Phi) is 12.2. The number of carboxylic acid groups (broad SMARTS) is 1. The number of hydrogen-bond donors (Lipinski definition) is 3. The maximum absolute atomic E-state index is 14.2. The summed E-state index contributed by atoms with van der Waals surface area (Å²) in [5.41, 5.74) is 9.28. The summed E-state index contributed by atoms with van der Waals surface area (Å²) in [6.07, 6.45) is 6.06. The van der Waals surface area contributed by atoms with Gasteiger partial charge in [0.1, 0.15) is 23.7 Å².